The van der Waals surface area contributed by atoms with Crippen molar-refractivity contribution in [2.75, 3.05) is 0 Å². The van der Waals surface area contributed by atoms with Gasteiger partial charge in [-0.1, -0.05) is 44.3 Å². The van der Waals surface area contributed by atoms with Crippen LogP contribution in [0.25, 0.3) is 0 Å². The fraction of sp³-hybridized carbons (Fsp3) is 0.750. The molecule has 0 aromatic heterocycles. The highest BCUT2D eigenvalue weighted by atomic mass is 16.4. The van der Waals surface area contributed by atoms with Gasteiger partial charge in [0, 0.05) is 0 Å². The zero-order valence-corrected chi connectivity index (χ0v) is 8.74. The lowest BCUT2D eigenvalue weighted by Gasteiger charge is -2.06. The van der Waals surface area contributed by atoms with Gasteiger partial charge in [-0.25, -0.2) is 0 Å². The summed E-state index contributed by atoms with van der Waals surface area (Å²) in [4.78, 5) is 10.9. The van der Waals surface area contributed by atoms with Gasteiger partial charge < -0.3 is 5.11 Å². The first-order valence-corrected chi connectivity index (χ1v) is 5.70. The molecule has 2 nitrogen and oxygen atoms in total. The lowest BCUT2D eigenvalue weighted by atomic mass is 10.0. The molecule has 1 unspecified atom stereocenters. The topological polar surface area (TPSA) is 37.3 Å². The van der Waals surface area contributed by atoms with Gasteiger partial charge in [0.25, 0.3) is 0 Å². The largest absolute Gasteiger partial charge is 0.481 e. The van der Waals surface area contributed by atoms with E-state index in [0.29, 0.717) is 0 Å². The standard InChI is InChI=1S/C12H20O2/c13-12(14)11-9-7-5-3-1-2-4-6-8-10-11/h7,9,11H,1-6,8,10H2,(H,13,14)/b9-7+. The van der Waals surface area contributed by atoms with Crippen molar-refractivity contribution in [1.29, 1.82) is 0 Å². The van der Waals surface area contributed by atoms with Gasteiger partial charge >= 0.3 is 5.97 Å². The number of rotatable bonds is 1. The molecule has 1 rings (SSSR count). The van der Waals surface area contributed by atoms with Crippen molar-refractivity contribution in [2.45, 2.75) is 51.4 Å². The molecule has 1 atom stereocenters. The van der Waals surface area contributed by atoms with Crippen LogP contribution in [0.1, 0.15) is 51.4 Å². The number of carbonyl (C=O) groups is 1. The van der Waals surface area contributed by atoms with Crippen LogP contribution < -0.4 is 0 Å². The minimum atomic E-state index is -0.666. The Bertz CT molecular complexity index is 196. The average Bonchev–Trinajstić information content (AvgIpc) is 2.21. The number of carboxylic acid groups (broad SMARTS) is 1. The second kappa shape index (κ2) is 6.63. The lowest BCUT2D eigenvalue weighted by Crippen LogP contribution is -2.10. The highest BCUT2D eigenvalue weighted by molar-refractivity contribution is 5.72. The molecule has 0 aliphatic heterocycles. The van der Waals surface area contributed by atoms with Gasteiger partial charge in [0.2, 0.25) is 0 Å². The van der Waals surface area contributed by atoms with E-state index in [1.807, 2.05) is 12.2 Å². The van der Waals surface area contributed by atoms with Crippen molar-refractivity contribution in [1.82, 2.24) is 0 Å². The number of aliphatic carboxylic acids is 1. The van der Waals surface area contributed by atoms with Crippen LogP contribution in [0.2, 0.25) is 0 Å². The van der Waals surface area contributed by atoms with Gasteiger partial charge in [0.1, 0.15) is 0 Å². The molecular weight excluding hydrogens is 176 g/mol. The molecule has 0 saturated heterocycles. The first kappa shape index (κ1) is 11.3. The van der Waals surface area contributed by atoms with E-state index >= 15 is 0 Å². The molecule has 14 heavy (non-hydrogen) atoms. The van der Waals surface area contributed by atoms with Crippen molar-refractivity contribution in [3.63, 3.8) is 0 Å². The first-order valence-electron chi connectivity index (χ1n) is 5.70. The van der Waals surface area contributed by atoms with Crippen molar-refractivity contribution in [3.05, 3.63) is 12.2 Å². The third kappa shape index (κ3) is 4.45. The van der Waals surface area contributed by atoms with Gasteiger partial charge in [-0.15, -0.1) is 0 Å². The maximum atomic E-state index is 10.9. The van der Waals surface area contributed by atoms with E-state index in [1.165, 1.54) is 32.1 Å². The number of allylic oxidation sites excluding steroid dienone is 1. The van der Waals surface area contributed by atoms with Crippen LogP contribution in [0.5, 0.6) is 0 Å². The number of hydrogen-bond donors (Lipinski definition) is 1. The van der Waals surface area contributed by atoms with Crippen molar-refractivity contribution >= 4 is 5.97 Å². The van der Waals surface area contributed by atoms with Gasteiger partial charge in [0.15, 0.2) is 0 Å². The normalized spacial score (nSPS) is 27.6. The van der Waals surface area contributed by atoms with E-state index in [9.17, 15) is 4.79 Å². The van der Waals surface area contributed by atoms with Gasteiger partial charge in [-0.2, -0.15) is 0 Å². The molecule has 2 heteroatoms. The van der Waals surface area contributed by atoms with Gasteiger partial charge in [0.05, 0.1) is 5.92 Å². The summed E-state index contributed by atoms with van der Waals surface area (Å²) in [6, 6.07) is 0. The maximum absolute atomic E-state index is 10.9. The minimum Gasteiger partial charge on any atom is -0.481 e. The quantitative estimate of drug-likeness (QED) is 0.653. The molecular formula is C12H20O2. The summed E-state index contributed by atoms with van der Waals surface area (Å²) in [5, 5.41) is 8.94. The van der Waals surface area contributed by atoms with Gasteiger partial charge in [-0.05, 0) is 19.3 Å². The summed E-state index contributed by atoms with van der Waals surface area (Å²) in [6.07, 6.45) is 13.1. The Morgan fingerprint density at radius 2 is 1.71 bits per heavy atom. The molecule has 0 aromatic carbocycles. The van der Waals surface area contributed by atoms with E-state index in [1.54, 1.807) is 0 Å². The molecule has 0 aromatic rings. The van der Waals surface area contributed by atoms with E-state index in [0.717, 1.165) is 19.3 Å². The summed E-state index contributed by atoms with van der Waals surface area (Å²) in [5.41, 5.74) is 0. The van der Waals surface area contributed by atoms with Crippen molar-refractivity contribution < 1.29 is 9.90 Å². The predicted molar refractivity (Wildman–Crippen MR) is 57.2 cm³/mol. The lowest BCUT2D eigenvalue weighted by molar-refractivity contribution is -0.140. The van der Waals surface area contributed by atoms with Gasteiger partial charge in [-0.3, -0.25) is 4.79 Å². The molecule has 0 radical (unpaired) electrons. The van der Waals surface area contributed by atoms with Crippen LogP contribution in [-0.2, 0) is 4.79 Å². The summed E-state index contributed by atoms with van der Waals surface area (Å²) >= 11 is 0. The molecule has 1 N–H and O–H groups in total. The zero-order valence-electron chi connectivity index (χ0n) is 8.74. The molecule has 0 fully saturated rings. The zero-order chi connectivity index (χ0) is 10.2. The fourth-order valence-electron chi connectivity index (χ4n) is 1.90. The molecule has 1 aliphatic rings. The predicted octanol–water partition coefficient (Wildman–Crippen LogP) is 3.38. The third-order valence-corrected chi connectivity index (χ3v) is 2.82. The Labute approximate surface area is 86.0 Å². The summed E-state index contributed by atoms with van der Waals surface area (Å²) in [6.45, 7) is 0. The Morgan fingerprint density at radius 1 is 1.07 bits per heavy atom. The fourth-order valence-corrected chi connectivity index (χ4v) is 1.90. The van der Waals surface area contributed by atoms with Crippen LogP contribution in [-0.4, -0.2) is 11.1 Å². The molecule has 0 bridgehead atoms. The van der Waals surface area contributed by atoms with Crippen LogP contribution in [0, 0.1) is 5.92 Å². The van der Waals surface area contributed by atoms with E-state index in [4.69, 9.17) is 5.11 Å². The highest BCUT2D eigenvalue weighted by Crippen LogP contribution is 2.16. The Hall–Kier alpha value is -0.790. The molecule has 0 spiro atoms. The summed E-state index contributed by atoms with van der Waals surface area (Å²) < 4.78 is 0. The maximum Gasteiger partial charge on any atom is 0.310 e. The third-order valence-electron chi connectivity index (χ3n) is 2.82. The Kier molecular flexibility index (Phi) is 5.35. The number of carboxylic acids is 1. The smallest absolute Gasteiger partial charge is 0.310 e. The summed E-state index contributed by atoms with van der Waals surface area (Å²) in [7, 11) is 0. The molecule has 1 aliphatic carbocycles. The van der Waals surface area contributed by atoms with E-state index < -0.39 is 5.97 Å². The first-order chi connectivity index (χ1) is 6.80. The number of hydrogen-bond acceptors (Lipinski definition) is 1. The molecule has 0 amide bonds. The average molecular weight is 196 g/mol. The van der Waals surface area contributed by atoms with Crippen LogP contribution in [0.3, 0.4) is 0 Å². The Morgan fingerprint density at radius 3 is 2.43 bits per heavy atom. The SMILES string of the molecule is O=C(O)C1/C=C/CCCCCCCC1. The summed E-state index contributed by atoms with van der Waals surface area (Å²) in [5.74, 6) is -0.909. The molecule has 80 valence electrons. The van der Waals surface area contributed by atoms with Crippen LogP contribution in [0.4, 0.5) is 0 Å². The second-order valence-corrected chi connectivity index (χ2v) is 4.07. The molecule has 0 saturated carbocycles. The van der Waals surface area contributed by atoms with E-state index in [2.05, 4.69) is 0 Å². The highest BCUT2D eigenvalue weighted by Gasteiger charge is 2.12. The second-order valence-electron chi connectivity index (χ2n) is 4.07. The Balaban J connectivity index is 2.42. The van der Waals surface area contributed by atoms with E-state index in [-0.39, 0.29) is 5.92 Å². The van der Waals surface area contributed by atoms with Crippen LogP contribution in [0.15, 0.2) is 12.2 Å². The van der Waals surface area contributed by atoms with Crippen molar-refractivity contribution in [3.8, 4) is 0 Å². The molecule has 0 heterocycles. The van der Waals surface area contributed by atoms with Crippen molar-refractivity contribution in [2.24, 2.45) is 5.92 Å². The minimum absolute atomic E-state index is 0.243. The van der Waals surface area contributed by atoms with Crippen LogP contribution >= 0.6 is 0 Å². The monoisotopic (exact) mass is 196 g/mol.